The molecular formula is C21H24Cl2N2O2. The number of aliphatic carboxylic acids is 1. The highest BCUT2D eigenvalue weighted by Gasteiger charge is 2.32. The average Bonchev–Trinajstić information content (AvgIpc) is 2.64. The molecule has 1 saturated heterocycles. The Labute approximate surface area is 170 Å². The van der Waals surface area contributed by atoms with Gasteiger partial charge in [-0.2, -0.15) is 0 Å². The summed E-state index contributed by atoms with van der Waals surface area (Å²) in [5.41, 5.74) is 3.15. The first-order chi connectivity index (χ1) is 12.9. The van der Waals surface area contributed by atoms with Crippen molar-refractivity contribution in [1.29, 1.82) is 0 Å². The van der Waals surface area contributed by atoms with Gasteiger partial charge >= 0.3 is 5.97 Å². The topological polar surface area (TPSA) is 43.8 Å². The third kappa shape index (κ3) is 4.57. The van der Waals surface area contributed by atoms with E-state index in [1.807, 2.05) is 26.2 Å². The molecule has 0 saturated carbocycles. The molecule has 1 aliphatic rings. The molecule has 1 fully saturated rings. The third-order valence-electron chi connectivity index (χ3n) is 5.15. The van der Waals surface area contributed by atoms with Crippen molar-refractivity contribution in [3.63, 3.8) is 0 Å². The number of hydrogen-bond donors (Lipinski definition) is 1. The lowest BCUT2D eigenvalue weighted by Crippen LogP contribution is -2.41. The van der Waals surface area contributed by atoms with Gasteiger partial charge in [0.1, 0.15) is 0 Å². The van der Waals surface area contributed by atoms with Crippen molar-refractivity contribution in [2.75, 3.05) is 32.1 Å². The molecule has 1 N–H and O–H groups in total. The zero-order valence-electron chi connectivity index (χ0n) is 15.5. The van der Waals surface area contributed by atoms with Crippen LogP contribution in [0.1, 0.15) is 30.0 Å². The summed E-state index contributed by atoms with van der Waals surface area (Å²) in [5, 5.41) is 10.7. The molecule has 1 aliphatic heterocycles. The van der Waals surface area contributed by atoms with Gasteiger partial charge < -0.3 is 10.0 Å². The Hall–Kier alpha value is -1.75. The van der Waals surface area contributed by atoms with E-state index in [2.05, 4.69) is 34.1 Å². The molecule has 3 rings (SSSR count). The highest BCUT2D eigenvalue weighted by Crippen LogP contribution is 2.37. The minimum atomic E-state index is -0.733. The fourth-order valence-electron chi connectivity index (χ4n) is 3.71. The predicted molar refractivity (Wildman–Crippen MR) is 111 cm³/mol. The maximum atomic E-state index is 11.6. The predicted octanol–water partition coefficient (Wildman–Crippen LogP) is 4.95. The molecule has 0 spiro atoms. The van der Waals surface area contributed by atoms with Crippen LogP contribution in [0.5, 0.6) is 0 Å². The second-order valence-corrected chi connectivity index (χ2v) is 8.07. The first kappa shape index (κ1) is 20.0. The van der Waals surface area contributed by atoms with E-state index >= 15 is 0 Å². The summed E-state index contributed by atoms with van der Waals surface area (Å²) < 4.78 is 0. The van der Waals surface area contributed by atoms with E-state index in [0.29, 0.717) is 23.0 Å². The summed E-state index contributed by atoms with van der Waals surface area (Å²) in [7, 11) is 4.01. The van der Waals surface area contributed by atoms with Gasteiger partial charge in [0.05, 0.1) is 12.0 Å². The normalized spacial score (nSPS) is 18.9. The van der Waals surface area contributed by atoms with Crippen molar-refractivity contribution in [3.05, 3.63) is 63.6 Å². The zero-order chi connectivity index (χ0) is 19.6. The van der Waals surface area contributed by atoms with Crippen molar-refractivity contribution >= 4 is 34.9 Å². The van der Waals surface area contributed by atoms with Gasteiger partial charge in [-0.05, 0) is 54.8 Å². The van der Waals surface area contributed by atoms with E-state index in [0.717, 1.165) is 29.8 Å². The van der Waals surface area contributed by atoms with Crippen LogP contribution in [0.25, 0.3) is 0 Å². The van der Waals surface area contributed by atoms with Crippen molar-refractivity contribution in [2.24, 2.45) is 5.92 Å². The number of anilines is 1. The molecule has 2 aromatic carbocycles. The lowest BCUT2D eigenvalue weighted by atomic mass is 9.91. The molecule has 0 aliphatic carbocycles. The molecule has 6 heteroatoms. The summed E-state index contributed by atoms with van der Waals surface area (Å²) >= 11 is 12.6. The second kappa shape index (κ2) is 8.51. The molecule has 2 aromatic rings. The van der Waals surface area contributed by atoms with Crippen LogP contribution in [0.2, 0.25) is 10.0 Å². The van der Waals surface area contributed by atoms with Gasteiger partial charge in [0.15, 0.2) is 0 Å². The van der Waals surface area contributed by atoms with Crippen molar-refractivity contribution < 1.29 is 9.90 Å². The Bertz CT molecular complexity index is 808. The Morgan fingerprint density at radius 2 is 1.89 bits per heavy atom. The van der Waals surface area contributed by atoms with E-state index < -0.39 is 5.97 Å². The smallest absolute Gasteiger partial charge is 0.307 e. The molecule has 144 valence electrons. The highest BCUT2D eigenvalue weighted by molar-refractivity contribution is 6.35. The van der Waals surface area contributed by atoms with Crippen LogP contribution in [0, 0.1) is 5.92 Å². The molecule has 0 radical (unpaired) electrons. The fourth-order valence-corrected chi connectivity index (χ4v) is 4.22. The molecular weight excluding hydrogens is 383 g/mol. The van der Waals surface area contributed by atoms with Crippen LogP contribution in [-0.4, -0.2) is 43.2 Å². The number of piperidine rings is 1. The summed E-state index contributed by atoms with van der Waals surface area (Å²) in [6.07, 6.45) is 1.57. The van der Waals surface area contributed by atoms with Gasteiger partial charge in [-0.15, -0.1) is 0 Å². The standard InChI is InChI=1S/C21H24Cl2N2O2/c1-24(2)17-8-5-14(6-9-17)20(18-10-7-16(22)12-19(18)23)25-11-3-4-15(13-25)21(26)27/h5-10,12,15,20H,3-4,11,13H2,1-2H3,(H,26,27). The molecule has 4 nitrogen and oxygen atoms in total. The molecule has 2 atom stereocenters. The summed E-state index contributed by atoms with van der Waals surface area (Å²) in [6.45, 7) is 1.34. The number of hydrogen-bond acceptors (Lipinski definition) is 3. The summed E-state index contributed by atoms with van der Waals surface area (Å²) in [6, 6.07) is 13.8. The van der Waals surface area contributed by atoms with Gasteiger partial charge in [0, 0.05) is 36.4 Å². The SMILES string of the molecule is CN(C)c1ccc(C(c2ccc(Cl)cc2Cl)N2CCCC(C(=O)O)C2)cc1. The Morgan fingerprint density at radius 1 is 1.19 bits per heavy atom. The van der Waals surface area contributed by atoms with Crippen LogP contribution in [0.4, 0.5) is 5.69 Å². The molecule has 1 heterocycles. The molecule has 27 heavy (non-hydrogen) atoms. The number of rotatable bonds is 5. The van der Waals surface area contributed by atoms with E-state index in [9.17, 15) is 9.90 Å². The van der Waals surface area contributed by atoms with Crippen LogP contribution in [0.3, 0.4) is 0 Å². The van der Waals surface area contributed by atoms with Gasteiger partial charge in [-0.25, -0.2) is 0 Å². The van der Waals surface area contributed by atoms with Crippen molar-refractivity contribution in [3.8, 4) is 0 Å². The molecule has 0 bridgehead atoms. The second-order valence-electron chi connectivity index (χ2n) is 7.23. The Balaban J connectivity index is 2.02. The first-order valence-electron chi connectivity index (χ1n) is 9.06. The van der Waals surface area contributed by atoms with Gasteiger partial charge in [0.25, 0.3) is 0 Å². The maximum Gasteiger partial charge on any atom is 0.307 e. The molecule has 0 aromatic heterocycles. The number of carbonyl (C=O) groups is 1. The van der Waals surface area contributed by atoms with Gasteiger partial charge in [-0.1, -0.05) is 41.4 Å². The van der Waals surface area contributed by atoms with Crippen molar-refractivity contribution in [1.82, 2.24) is 4.90 Å². The number of carboxylic acids is 1. The van der Waals surface area contributed by atoms with Crippen LogP contribution < -0.4 is 4.90 Å². The fraction of sp³-hybridized carbons (Fsp3) is 0.381. The molecule has 0 amide bonds. The Morgan fingerprint density at radius 3 is 2.48 bits per heavy atom. The molecule has 2 unspecified atom stereocenters. The quantitative estimate of drug-likeness (QED) is 0.762. The largest absolute Gasteiger partial charge is 0.481 e. The third-order valence-corrected chi connectivity index (χ3v) is 5.71. The zero-order valence-corrected chi connectivity index (χ0v) is 17.0. The minimum Gasteiger partial charge on any atom is -0.481 e. The summed E-state index contributed by atoms with van der Waals surface area (Å²) in [4.78, 5) is 15.8. The number of nitrogens with zero attached hydrogens (tertiary/aromatic N) is 2. The lowest BCUT2D eigenvalue weighted by Gasteiger charge is -2.38. The maximum absolute atomic E-state index is 11.6. The van der Waals surface area contributed by atoms with Crippen LogP contribution in [0.15, 0.2) is 42.5 Å². The van der Waals surface area contributed by atoms with E-state index in [1.54, 1.807) is 6.07 Å². The summed E-state index contributed by atoms with van der Waals surface area (Å²) in [5.74, 6) is -1.09. The number of benzene rings is 2. The lowest BCUT2D eigenvalue weighted by molar-refractivity contribution is -0.143. The van der Waals surface area contributed by atoms with E-state index in [1.165, 1.54) is 0 Å². The number of likely N-dealkylation sites (tertiary alicyclic amines) is 1. The highest BCUT2D eigenvalue weighted by atomic mass is 35.5. The minimum absolute atomic E-state index is 0.104. The van der Waals surface area contributed by atoms with Crippen LogP contribution in [-0.2, 0) is 4.79 Å². The van der Waals surface area contributed by atoms with E-state index in [4.69, 9.17) is 23.2 Å². The van der Waals surface area contributed by atoms with E-state index in [-0.39, 0.29) is 12.0 Å². The number of halogens is 2. The monoisotopic (exact) mass is 406 g/mol. The average molecular weight is 407 g/mol. The van der Waals surface area contributed by atoms with Gasteiger partial charge in [0.2, 0.25) is 0 Å². The van der Waals surface area contributed by atoms with Gasteiger partial charge in [-0.3, -0.25) is 9.69 Å². The first-order valence-corrected chi connectivity index (χ1v) is 9.81. The number of carboxylic acid groups (broad SMARTS) is 1. The van der Waals surface area contributed by atoms with Crippen LogP contribution >= 0.6 is 23.2 Å². The van der Waals surface area contributed by atoms with Crippen molar-refractivity contribution in [2.45, 2.75) is 18.9 Å². The Kier molecular flexibility index (Phi) is 6.30.